The quantitative estimate of drug-likeness (QED) is 0.865. The SMILES string of the molecule is CC1(CC(=O)c2ccc(C(F)(F)F)cc2)NC(=O)c2ccccc21. The second kappa shape index (κ2) is 5.47. The zero-order valence-corrected chi connectivity index (χ0v) is 12.8. The maximum absolute atomic E-state index is 12.6. The zero-order chi connectivity index (χ0) is 17.5. The molecule has 1 N–H and O–H groups in total. The summed E-state index contributed by atoms with van der Waals surface area (Å²) in [5.74, 6) is -0.587. The summed E-state index contributed by atoms with van der Waals surface area (Å²) in [6.45, 7) is 1.73. The molecule has 0 aliphatic carbocycles. The van der Waals surface area contributed by atoms with Crippen LogP contribution in [0, 0.1) is 0 Å². The van der Waals surface area contributed by atoms with Gasteiger partial charge in [0.1, 0.15) is 0 Å². The van der Waals surface area contributed by atoms with Crippen LogP contribution in [0.2, 0.25) is 0 Å². The summed E-state index contributed by atoms with van der Waals surface area (Å²) in [5, 5.41) is 2.79. The van der Waals surface area contributed by atoms with Gasteiger partial charge in [0, 0.05) is 17.5 Å². The molecule has 1 unspecified atom stereocenters. The maximum atomic E-state index is 12.6. The molecular weight excluding hydrogens is 319 g/mol. The number of alkyl halides is 3. The first-order valence-corrected chi connectivity index (χ1v) is 7.33. The van der Waals surface area contributed by atoms with Crippen LogP contribution in [0.3, 0.4) is 0 Å². The minimum absolute atomic E-state index is 0.0267. The number of hydrogen-bond donors (Lipinski definition) is 1. The molecule has 2 aromatic carbocycles. The van der Waals surface area contributed by atoms with E-state index in [9.17, 15) is 22.8 Å². The Labute approximate surface area is 136 Å². The predicted molar refractivity (Wildman–Crippen MR) is 81.7 cm³/mol. The van der Waals surface area contributed by atoms with Gasteiger partial charge in [-0.15, -0.1) is 0 Å². The number of ketones is 1. The first kappa shape index (κ1) is 16.2. The molecule has 1 amide bonds. The lowest BCUT2D eigenvalue weighted by atomic mass is 9.86. The number of halogens is 3. The lowest BCUT2D eigenvalue weighted by molar-refractivity contribution is -0.137. The van der Waals surface area contributed by atoms with Crippen molar-refractivity contribution in [3.8, 4) is 0 Å². The van der Waals surface area contributed by atoms with E-state index in [1.807, 2.05) is 0 Å². The highest BCUT2D eigenvalue weighted by Gasteiger charge is 2.40. The van der Waals surface area contributed by atoms with Gasteiger partial charge in [0.25, 0.3) is 5.91 Å². The molecule has 24 heavy (non-hydrogen) atoms. The smallest absolute Gasteiger partial charge is 0.342 e. The average molecular weight is 333 g/mol. The Bertz CT molecular complexity index is 812. The van der Waals surface area contributed by atoms with Gasteiger partial charge >= 0.3 is 6.18 Å². The molecular formula is C18H14F3NO2. The lowest BCUT2D eigenvalue weighted by Gasteiger charge is -2.24. The van der Waals surface area contributed by atoms with Gasteiger partial charge in [0.2, 0.25) is 0 Å². The molecule has 124 valence electrons. The van der Waals surface area contributed by atoms with Gasteiger partial charge in [-0.1, -0.05) is 30.3 Å². The largest absolute Gasteiger partial charge is 0.416 e. The second-order valence-electron chi connectivity index (χ2n) is 6.01. The van der Waals surface area contributed by atoms with E-state index >= 15 is 0 Å². The highest BCUT2D eigenvalue weighted by atomic mass is 19.4. The van der Waals surface area contributed by atoms with Crippen LogP contribution in [-0.2, 0) is 11.7 Å². The Kier molecular flexibility index (Phi) is 3.70. The topological polar surface area (TPSA) is 46.2 Å². The Morgan fingerprint density at radius 3 is 2.33 bits per heavy atom. The molecule has 0 spiro atoms. The van der Waals surface area contributed by atoms with Crippen molar-refractivity contribution < 1.29 is 22.8 Å². The van der Waals surface area contributed by atoms with Gasteiger partial charge in [-0.25, -0.2) is 0 Å². The summed E-state index contributed by atoms with van der Waals surface area (Å²) >= 11 is 0. The maximum Gasteiger partial charge on any atom is 0.416 e. The van der Waals surface area contributed by atoms with Crippen molar-refractivity contribution >= 4 is 11.7 Å². The number of rotatable bonds is 3. The molecule has 0 aromatic heterocycles. The molecule has 0 radical (unpaired) electrons. The van der Waals surface area contributed by atoms with Gasteiger partial charge in [0.05, 0.1) is 11.1 Å². The van der Waals surface area contributed by atoms with E-state index in [4.69, 9.17) is 0 Å². The zero-order valence-electron chi connectivity index (χ0n) is 12.8. The predicted octanol–water partition coefficient (Wildman–Crippen LogP) is 3.94. The summed E-state index contributed by atoms with van der Waals surface area (Å²) in [7, 11) is 0. The van der Waals surface area contributed by atoms with E-state index in [0.29, 0.717) is 5.56 Å². The molecule has 3 rings (SSSR count). The van der Waals surface area contributed by atoms with Crippen LogP contribution in [0.15, 0.2) is 48.5 Å². The van der Waals surface area contributed by atoms with E-state index in [-0.39, 0.29) is 23.7 Å². The van der Waals surface area contributed by atoms with E-state index in [1.165, 1.54) is 0 Å². The summed E-state index contributed by atoms with van der Waals surface area (Å²) in [4.78, 5) is 24.5. The van der Waals surface area contributed by atoms with Gasteiger partial charge in [-0.3, -0.25) is 9.59 Å². The van der Waals surface area contributed by atoms with Crippen LogP contribution in [0.1, 0.15) is 45.2 Å². The molecule has 3 nitrogen and oxygen atoms in total. The third kappa shape index (κ3) is 2.79. The lowest BCUT2D eigenvalue weighted by Crippen LogP contribution is -2.38. The average Bonchev–Trinajstić information content (AvgIpc) is 2.78. The number of amides is 1. The fraction of sp³-hybridized carbons (Fsp3) is 0.222. The third-order valence-electron chi connectivity index (χ3n) is 4.20. The molecule has 2 aromatic rings. The number of nitrogens with one attached hydrogen (secondary N) is 1. The number of hydrogen-bond acceptors (Lipinski definition) is 2. The Morgan fingerprint density at radius 2 is 1.71 bits per heavy atom. The van der Waals surface area contributed by atoms with Crippen LogP contribution < -0.4 is 5.32 Å². The highest BCUT2D eigenvalue weighted by molar-refractivity contribution is 6.02. The van der Waals surface area contributed by atoms with Gasteiger partial charge in [-0.05, 0) is 30.7 Å². The standard InChI is InChI=1S/C18H14F3NO2/c1-17(14-5-3-2-4-13(14)16(24)22-17)10-15(23)11-6-8-12(9-7-11)18(19,20)21/h2-9H,10H2,1H3,(H,22,24). The van der Waals surface area contributed by atoms with Crippen molar-refractivity contribution in [3.63, 3.8) is 0 Å². The number of fused-ring (bicyclic) bond motifs is 1. The molecule has 0 fully saturated rings. The number of carbonyl (C=O) groups excluding carboxylic acids is 2. The second-order valence-corrected chi connectivity index (χ2v) is 6.01. The van der Waals surface area contributed by atoms with Gasteiger partial charge < -0.3 is 5.32 Å². The Morgan fingerprint density at radius 1 is 1.08 bits per heavy atom. The van der Waals surface area contributed by atoms with Crippen LogP contribution in [0.5, 0.6) is 0 Å². The van der Waals surface area contributed by atoms with Crippen molar-refractivity contribution in [3.05, 3.63) is 70.8 Å². The van der Waals surface area contributed by atoms with Crippen LogP contribution in [0.4, 0.5) is 13.2 Å². The fourth-order valence-corrected chi connectivity index (χ4v) is 2.96. The molecule has 0 saturated heterocycles. The molecule has 1 aliphatic heterocycles. The summed E-state index contributed by atoms with van der Waals surface area (Å²) in [6.07, 6.45) is -4.47. The molecule has 0 saturated carbocycles. The van der Waals surface area contributed by atoms with E-state index in [2.05, 4.69) is 5.32 Å². The van der Waals surface area contributed by atoms with Crippen molar-refractivity contribution in [2.75, 3.05) is 0 Å². The summed E-state index contributed by atoms with van der Waals surface area (Å²) in [5.41, 5.74) is -0.254. The minimum Gasteiger partial charge on any atom is -0.342 e. The van der Waals surface area contributed by atoms with E-state index < -0.39 is 17.3 Å². The normalized spacial score (nSPS) is 19.8. The van der Waals surface area contributed by atoms with E-state index in [0.717, 1.165) is 29.8 Å². The van der Waals surface area contributed by atoms with Crippen molar-refractivity contribution in [2.24, 2.45) is 0 Å². The highest BCUT2D eigenvalue weighted by Crippen LogP contribution is 2.35. The van der Waals surface area contributed by atoms with Gasteiger partial charge in [-0.2, -0.15) is 13.2 Å². The monoisotopic (exact) mass is 333 g/mol. The number of carbonyl (C=O) groups is 2. The Balaban J connectivity index is 1.84. The minimum atomic E-state index is -4.44. The van der Waals surface area contributed by atoms with Crippen molar-refractivity contribution in [1.29, 1.82) is 0 Å². The molecule has 1 atom stereocenters. The van der Waals surface area contributed by atoms with Crippen LogP contribution in [0.25, 0.3) is 0 Å². The van der Waals surface area contributed by atoms with E-state index in [1.54, 1.807) is 31.2 Å². The molecule has 1 aliphatic rings. The summed E-state index contributed by atoms with van der Waals surface area (Å²) < 4.78 is 37.8. The number of Topliss-reactive ketones (excluding diaryl/α,β-unsaturated/α-hetero) is 1. The number of benzene rings is 2. The summed E-state index contributed by atoms with van der Waals surface area (Å²) in [6, 6.07) is 11.1. The van der Waals surface area contributed by atoms with Crippen LogP contribution in [-0.4, -0.2) is 11.7 Å². The molecule has 0 bridgehead atoms. The van der Waals surface area contributed by atoms with Crippen molar-refractivity contribution in [1.82, 2.24) is 5.32 Å². The fourth-order valence-electron chi connectivity index (χ4n) is 2.96. The van der Waals surface area contributed by atoms with Gasteiger partial charge in [0.15, 0.2) is 5.78 Å². The van der Waals surface area contributed by atoms with Crippen molar-refractivity contribution in [2.45, 2.75) is 25.1 Å². The first-order valence-electron chi connectivity index (χ1n) is 7.33. The molecule has 1 heterocycles. The molecule has 6 heteroatoms. The Hall–Kier alpha value is -2.63. The third-order valence-corrected chi connectivity index (χ3v) is 4.20. The first-order chi connectivity index (χ1) is 11.2. The van der Waals surface area contributed by atoms with Crippen LogP contribution >= 0.6 is 0 Å².